The number of fused-ring (bicyclic) bond motifs is 1. The first-order valence-corrected chi connectivity index (χ1v) is 11.9. The second-order valence-corrected chi connectivity index (χ2v) is 8.72. The number of nitrogens with one attached hydrogen (secondary N) is 1. The number of hydrogen-bond donors (Lipinski definition) is 1. The minimum absolute atomic E-state index is 0.114. The lowest BCUT2D eigenvalue weighted by atomic mass is 10.1. The molecular weight excluding hydrogens is 446 g/mol. The van der Waals surface area contributed by atoms with Crippen molar-refractivity contribution in [3.63, 3.8) is 0 Å². The number of aromatic amines is 1. The number of pyridine rings is 2. The number of rotatable bonds is 10. The molecular formula is C25H29N7O3. The molecule has 10 nitrogen and oxygen atoms in total. The van der Waals surface area contributed by atoms with Gasteiger partial charge in [0.05, 0.1) is 25.8 Å². The maximum absolute atomic E-state index is 12.9. The standard InChI is InChI=1S/C25H29N7O3/c1-2-34-21-7-8-23-19(12-21)11-20(25(33)27-23)15-31(14-18-5-3-9-26-13-18)17-24-28-29-30-32(24)16-22-6-4-10-35-22/h3,5,7-9,11-13,22H,2,4,6,10,14-17H2,1H3,(H,27,33)/t22-/m1/s1. The fourth-order valence-electron chi connectivity index (χ4n) is 4.42. The van der Waals surface area contributed by atoms with Gasteiger partial charge in [-0.1, -0.05) is 6.07 Å². The highest BCUT2D eigenvalue weighted by Gasteiger charge is 2.21. The Bertz CT molecular complexity index is 1320. The van der Waals surface area contributed by atoms with Crippen molar-refractivity contribution in [1.29, 1.82) is 0 Å². The summed E-state index contributed by atoms with van der Waals surface area (Å²) < 4.78 is 13.2. The molecule has 182 valence electrons. The molecule has 1 fully saturated rings. The fourth-order valence-corrected chi connectivity index (χ4v) is 4.42. The molecule has 0 aliphatic carbocycles. The number of ether oxygens (including phenoxy) is 2. The van der Waals surface area contributed by atoms with Crippen LogP contribution in [0.2, 0.25) is 0 Å². The van der Waals surface area contributed by atoms with Gasteiger partial charge in [0, 0.05) is 48.6 Å². The monoisotopic (exact) mass is 475 g/mol. The Kier molecular flexibility index (Phi) is 7.10. The molecule has 1 atom stereocenters. The van der Waals surface area contributed by atoms with Crippen molar-refractivity contribution in [2.75, 3.05) is 13.2 Å². The van der Waals surface area contributed by atoms with E-state index in [0.29, 0.717) is 38.3 Å². The SMILES string of the molecule is CCOc1ccc2[nH]c(=O)c(CN(Cc3cccnc3)Cc3nnnn3C[C@H]3CCCO3)cc2c1. The van der Waals surface area contributed by atoms with Gasteiger partial charge in [0.1, 0.15) is 5.75 Å². The van der Waals surface area contributed by atoms with E-state index in [-0.39, 0.29) is 11.7 Å². The predicted molar refractivity (Wildman–Crippen MR) is 130 cm³/mol. The van der Waals surface area contributed by atoms with E-state index < -0.39 is 0 Å². The minimum atomic E-state index is -0.114. The van der Waals surface area contributed by atoms with Gasteiger partial charge in [0.2, 0.25) is 0 Å². The Morgan fingerprint density at radius 3 is 2.97 bits per heavy atom. The van der Waals surface area contributed by atoms with Crippen LogP contribution in [0.1, 0.15) is 36.7 Å². The predicted octanol–water partition coefficient (Wildman–Crippen LogP) is 2.69. The summed E-state index contributed by atoms with van der Waals surface area (Å²) in [6.07, 6.45) is 5.79. The van der Waals surface area contributed by atoms with Gasteiger partial charge >= 0.3 is 0 Å². The quantitative estimate of drug-likeness (QED) is 0.373. The van der Waals surface area contributed by atoms with Crippen molar-refractivity contribution >= 4 is 10.9 Å². The summed E-state index contributed by atoms with van der Waals surface area (Å²) in [7, 11) is 0. The van der Waals surface area contributed by atoms with Crippen LogP contribution >= 0.6 is 0 Å². The molecule has 1 aliphatic heterocycles. The van der Waals surface area contributed by atoms with Crippen LogP contribution in [0.15, 0.2) is 53.6 Å². The third-order valence-corrected chi connectivity index (χ3v) is 6.10. The van der Waals surface area contributed by atoms with Crippen LogP contribution in [0, 0.1) is 0 Å². The van der Waals surface area contributed by atoms with Gasteiger partial charge in [-0.2, -0.15) is 0 Å². The van der Waals surface area contributed by atoms with Gasteiger partial charge in [-0.05, 0) is 66.1 Å². The number of benzene rings is 1. The van der Waals surface area contributed by atoms with Crippen LogP contribution in [0.5, 0.6) is 5.75 Å². The Labute approximate surface area is 202 Å². The van der Waals surface area contributed by atoms with Crippen LogP contribution in [-0.4, -0.2) is 54.4 Å². The minimum Gasteiger partial charge on any atom is -0.494 e. The first kappa shape index (κ1) is 23.1. The van der Waals surface area contributed by atoms with E-state index in [2.05, 4.69) is 30.4 Å². The van der Waals surface area contributed by atoms with E-state index in [0.717, 1.165) is 47.5 Å². The van der Waals surface area contributed by atoms with Crippen molar-refractivity contribution in [2.24, 2.45) is 0 Å². The van der Waals surface area contributed by atoms with Gasteiger partial charge in [-0.25, -0.2) is 4.68 Å². The summed E-state index contributed by atoms with van der Waals surface area (Å²) in [5.74, 6) is 1.51. The van der Waals surface area contributed by atoms with Crippen molar-refractivity contribution in [1.82, 2.24) is 35.1 Å². The van der Waals surface area contributed by atoms with Crippen molar-refractivity contribution < 1.29 is 9.47 Å². The van der Waals surface area contributed by atoms with Gasteiger partial charge in [0.15, 0.2) is 5.82 Å². The largest absolute Gasteiger partial charge is 0.494 e. The Balaban J connectivity index is 1.41. The summed E-state index contributed by atoms with van der Waals surface area (Å²) in [5, 5.41) is 13.3. The smallest absolute Gasteiger partial charge is 0.252 e. The first-order chi connectivity index (χ1) is 17.2. The average Bonchev–Trinajstić information content (AvgIpc) is 3.53. The molecule has 35 heavy (non-hydrogen) atoms. The van der Waals surface area contributed by atoms with E-state index in [1.807, 2.05) is 54.2 Å². The van der Waals surface area contributed by atoms with Gasteiger partial charge < -0.3 is 14.5 Å². The number of nitrogens with zero attached hydrogens (tertiary/aromatic N) is 6. The molecule has 1 aliphatic rings. The first-order valence-electron chi connectivity index (χ1n) is 11.9. The third kappa shape index (κ3) is 5.72. The third-order valence-electron chi connectivity index (χ3n) is 6.10. The molecule has 1 saturated heterocycles. The van der Waals surface area contributed by atoms with E-state index in [1.54, 1.807) is 6.20 Å². The lowest BCUT2D eigenvalue weighted by Gasteiger charge is -2.22. The number of aromatic nitrogens is 6. The summed E-state index contributed by atoms with van der Waals surface area (Å²) in [6.45, 7) is 5.44. The van der Waals surface area contributed by atoms with Crippen LogP contribution < -0.4 is 10.3 Å². The lowest BCUT2D eigenvalue weighted by molar-refractivity contribution is 0.0914. The van der Waals surface area contributed by atoms with E-state index in [4.69, 9.17) is 9.47 Å². The summed E-state index contributed by atoms with van der Waals surface area (Å²) in [5.41, 5.74) is 2.37. The summed E-state index contributed by atoms with van der Waals surface area (Å²) in [4.78, 5) is 22.3. The van der Waals surface area contributed by atoms with Crippen LogP contribution in [0.3, 0.4) is 0 Å². The maximum Gasteiger partial charge on any atom is 0.252 e. The zero-order chi connectivity index (χ0) is 24.0. The number of hydrogen-bond acceptors (Lipinski definition) is 8. The molecule has 0 bridgehead atoms. The van der Waals surface area contributed by atoms with Gasteiger partial charge in [0.25, 0.3) is 5.56 Å². The second kappa shape index (κ2) is 10.7. The number of H-pyrrole nitrogens is 1. The highest BCUT2D eigenvalue weighted by Crippen LogP contribution is 2.21. The van der Waals surface area contributed by atoms with E-state index >= 15 is 0 Å². The molecule has 1 aromatic carbocycles. The molecule has 4 heterocycles. The van der Waals surface area contributed by atoms with Gasteiger partial charge in [-0.3, -0.25) is 14.7 Å². The van der Waals surface area contributed by atoms with E-state index in [9.17, 15) is 4.79 Å². The lowest BCUT2D eigenvalue weighted by Crippen LogP contribution is -2.29. The van der Waals surface area contributed by atoms with Crippen LogP contribution in [0.4, 0.5) is 0 Å². The van der Waals surface area contributed by atoms with Crippen LogP contribution in [-0.2, 0) is 30.9 Å². The highest BCUT2D eigenvalue weighted by atomic mass is 16.5. The van der Waals surface area contributed by atoms with Crippen molar-refractivity contribution in [2.45, 2.75) is 52.0 Å². The highest BCUT2D eigenvalue weighted by molar-refractivity contribution is 5.80. The zero-order valence-electron chi connectivity index (χ0n) is 19.8. The Morgan fingerprint density at radius 1 is 1.23 bits per heavy atom. The number of tetrazole rings is 1. The molecule has 0 amide bonds. The second-order valence-electron chi connectivity index (χ2n) is 8.72. The molecule has 3 aromatic heterocycles. The zero-order valence-corrected chi connectivity index (χ0v) is 19.8. The van der Waals surface area contributed by atoms with E-state index in [1.165, 1.54) is 0 Å². The average molecular weight is 476 g/mol. The molecule has 10 heteroatoms. The maximum atomic E-state index is 12.9. The molecule has 0 spiro atoms. The molecule has 0 unspecified atom stereocenters. The Morgan fingerprint density at radius 2 is 2.17 bits per heavy atom. The topological polar surface area (TPSA) is 111 Å². The molecule has 0 radical (unpaired) electrons. The van der Waals surface area contributed by atoms with Crippen LogP contribution in [0.25, 0.3) is 10.9 Å². The molecule has 1 N–H and O–H groups in total. The fraction of sp³-hybridized carbons (Fsp3) is 0.400. The molecule has 5 rings (SSSR count). The van der Waals surface area contributed by atoms with Gasteiger partial charge in [-0.15, -0.1) is 5.10 Å². The van der Waals surface area contributed by atoms with Crippen molar-refractivity contribution in [3.05, 3.63) is 76.1 Å². The normalized spacial score (nSPS) is 15.8. The molecule has 4 aromatic rings. The Hall–Kier alpha value is -3.63. The van der Waals surface area contributed by atoms with Crippen molar-refractivity contribution in [3.8, 4) is 5.75 Å². The summed E-state index contributed by atoms with van der Waals surface area (Å²) >= 11 is 0. The summed E-state index contributed by atoms with van der Waals surface area (Å²) in [6, 6.07) is 11.6. The molecule has 0 saturated carbocycles.